The maximum atomic E-state index is 13.7. The van der Waals surface area contributed by atoms with Crippen LogP contribution in [-0.4, -0.2) is 47.8 Å². The molecular weight excluding hydrogens is 413 g/mol. The molecule has 3 unspecified atom stereocenters. The van der Waals surface area contributed by atoms with Crippen LogP contribution in [0.25, 0.3) is 0 Å². The van der Waals surface area contributed by atoms with E-state index in [0.29, 0.717) is 11.1 Å². The molecule has 2 N–H and O–H groups in total. The van der Waals surface area contributed by atoms with Gasteiger partial charge in [-0.05, 0) is 38.5 Å². The lowest BCUT2D eigenvalue weighted by atomic mass is 9.96. The lowest BCUT2D eigenvalue weighted by Gasteiger charge is -2.21. The van der Waals surface area contributed by atoms with Crippen LogP contribution in [0.5, 0.6) is 0 Å². The molecule has 0 bridgehead atoms. The van der Waals surface area contributed by atoms with Gasteiger partial charge in [-0.15, -0.1) is 0 Å². The fourth-order valence-corrected chi connectivity index (χ4v) is 2.72. The Balaban J connectivity index is 2.01. The second-order valence-electron chi connectivity index (χ2n) is 8.00. The molecule has 0 aliphatic carbocycles. The van der Waals surface area contributed by atoms with Gasteiger partial charge in [-0.1, -0.05) is 13.8 Å². The van der Waals surface area contributed by atoms with E-state index < -0.39 is 24.7 Å². The van der Waals surface area contributed by atoms with Crippen molar-refractivity contribution < 1.29 is 27.5 Å². The first-order valence-electron chi connectivity index (χ1n) is 9.85. The smallest absolute Gasteiger partial charge is 0.275 e. The normalized spacial score (nSPS) is 18.8. The van der Waals surface area contributed by atoms with E-state index in [2.05, 4.69) is 20.6 Å². The predicted octanol–water partition coefficient (Wildman–Crippen LogP) is 3.74. The third kappa shape index (κ3) is 6.28. The van der Waals surface area contributed by atoms with Crippen molar-refractivity contribution in [1.29, 1.82) is 0 Å². The number of nitrogens with zero attached hydrogens (tertiary/aromatic N) is 2. The first-order chi connectivity index (χ1) is 14.4. The molecule has 3 atom stereocenters. The Morgan fingerprint density at radius 2 is 1.97 bits per heavy atom. The zero-order chi connectivity index (χ0) is 23.3. The van der Waals surface area contributed by atoms with Gasteiger partial charge < -0.3 is 15.4 Å². The van der Waals surface area contributed by atoms with Gasteiger partial charge in [0.2, 0.25) is 17.5 Å². The highest BCUT2D eigenvalue weighted by molar-refractivity contribution is 5.97. The van der Waals surface area contributed by atoms with Gasteiger partial charge in [0, 0.05) is 35.9 Å². The number of pyridine rings is 1. The summed E-state index contributed by atoms with van der Waals surface area (Å²) < 4.78 is 44.2. The quantitative estimate of drug-likeness (QED) is 0.612. The molecule has 170 valence electrons. The van der Waals surface area contributed by atoms with Gasteiger partial charge in [0.15, 0.2) is 0 Å². The molecule has 7 nitrogen and oxygen atoms in total. The van der Waals surface area contributed by atoms with Crippen molar-refractivity contribution >= 4 is 23.8 Å². The SMILES string of the molecule is CC1=C(OCC(C)(F)C(F)F)N=CC1C(C)NC(=O)c1ccnc(NC(=O)C(C)C)c1. The molecule has 0 saturated carbocycles. The lowest BCUT2D eigenvalue weighted by Crippen LogP contribution is -2.38. The molecule has 2 amide bonds. The zero-order valence-electron chi connectivity index (χ0n) is 18.1. The summed E-state index contributed by atoms with van der Waals surface area (Å²) in [6, 6.07) is 2.57. The Morgan fingerprint density at radius 1 is 1.29 bits per heavy atom. The summed E-state index contributed by atoms with van der Waals surface area (Å²) in [5, 5.41) is 5.46. The van der Waals surface area contributed by atoms with Crippen LogP contribution < -0.4 is 10.6 Å². The van der Waals surface area contributed by atoms with Crippen LogP contribution in [0, 0.1) is 11.8 Å². The number of anilines is 1. The molecule has 31 heavy (non-hydrogen) atoms. The molecule has 10 heteroatoms. The summed E-state index contributed by atoms with van der Waals surface area (Å²) in [5.41, 5.74) is -1.89. The summed E-state index contributed by atoms with van der Waals surface area (Å²) in [5.74, 6) is -0.856. The number of carbonyl (C=O) groups is 2. The Kier molecular flexibility index (Phi) is 7.80. The fourth-order valence-electron chi connectivity index (χ4n) is 2.72. The maximum Gasteiger partial charge on any atom is 0.275 e. The molecular formula is C21H27F3N4O3. The van der Waals surface area contributed by atoms with Crippen LogP contribution in [0.1, 0.15) is 45.0 Å². The number of amides is 2. The van der Waals surface area contributed by atoms with Crippen LogP contribution in [0.2, 0.25) is 0 Å². The molecule has 1 aromatic rings. The Hall–Kier alpha value is -2.91. The molecule has 2 rings (SSSR count). The minimum atomic E-state index is -3.18. The zero-order valence-corrected chi connectivity index (χ0v) is 18.1. The van der Waals surface area contributed by atoms with E-state index in [1.807, 2.05) is 0 Å². The summed E-state index contributed by atoms with van der Waals surface area (Å²) in [4.78, 5) is 32.5. The van der Waals surface area contributed by atoms with Crippen LogP contribution >= 0.6 is 0 Å². The van der Waals surface area contributed by atoms with Crippen molar-refractivity contribution in [1.82, 2.24) is 10.3 Å². The molecule has 0 saturated heterocycles. The summed E-state index contributed by atoms with van der Waals surface area (Å²) >= 11 is 0. The number of carbonyl (C=O) groups excluding carboxylic acids is 2. The van der Waals surface area contributed by atoms with Crippen LogP contribution in [0.3, 0.4) is 0 Å². The van der Waals surface area contributed by atoms with Crippen molar-refractivity contribution in [2.45, 2.75) is 52.8 Å². The van der Waals surface area contributed by atoms with E-state index >= 15 is 0 Å². The van der Waals surface area contributed by atoms with Crippen molar-refractivity contribution in [2.75, 3.05) is 11.9 Å². The number of rotatable bonds is 9. The molecule has 0 aromatic carbocycles. The van der Waals surface area contributed by atoms with Crippen molar-refractivity contribution in [3.63, 3.8) is 0 Å². The number of halogens is 3. The lowest BCUT2D eigenvalue weighted by molar-refractivity contribution is -0.118. The molecule has 1 aromatic heterocycles. The van der Waals surface area contributed by atoms with Crippen LogP contribution in [-0.2, 0) is 9.53 Å². The molecule has 1 aliphatic rings. The topological polar surface area (TPSA) is 92.7 Å². The standard InChI is InChI=1S/C21H27F3N4O3/c1-11(2)17(29)28-16-8-14(6-7-25-16)18(30)27-13(4)15-9-26-19(12(15)3)31-10-21(5,24)20(22)23/h6-9,11,13,15,20H,10H2,1-5H3,(H,27,30)(H,25,28,29). The second-order valence-corrected chi connectivity index (χ2v) is 8.00. The first-order valence-corrected chi connectivity index (χ1v) is 9.85. The fraction of sp³-hybridized carbons (Fsp3) is 0.524. The monoisotopic (exact) mass is 440 g/mol. The minimum Gasteiger partial charge on any atom is -0.474 e. The number of hydrogen-bond donors (Lipinski definition) is 2. The van der Waals surface area contributed by atoms with E-state index in [4.69, 9.17) is 4.74 Å². The minimum absolute atomic E-state index is 0.0678. The number of ether oxygens (including phenoxy) is 1. The molecule has 2 heterocycles. The van der Waals surface area contributed by atoms with Gasteiger partial charge in [-0.2, -0.15) is 0 Å². The number of nitrogens with one attached hydrogen (secondary N) is 2. The van der Waals surface area contributed by atoms with E-state index in [1.165, 1.54) is 24.5 Å². The third-order valence-electron chi connectivity index (χ3n) is 4.83. The van der Waals surface area contributed by atoms with Gasteiger partial charge in [0.1, 0.15) is 12.4 Å². The second kappa shape index (κ2) is 9.93. The van der Waals surface area contributed by atoms with Crippen LogP contribution in [0.15, 0.2) is 34.8 Å². The average Bonchev–Trinajstić information content (AvgIpc) is 3.07. The Labute approximate surface area is 179 Å². The van der Waals surface area contributed by atoms with Gasteiger partial charge in [-0.3, -0.25) is 9.59 Å². The van der Waals surface area contributed by atoms with E-state index in [0.717, 1.165) is 6.92 Å². The number of aliphatic imine (C=N–C) groups is 1. The average molecular weight is 440 g/mol. The Morgan fingerprint density at radius 3 is 2.58 bits per heavy atom. The molecule has 1 aliphatic heterocycles. The van der Waals surface area contributed by atoms with Gasteiger partial charge in [0.25, 0.3) is 12.3 Å². The van der Waals surface area contributed by atoms with Crippen LogP contribution in [0.4, 0.5) is 19.0 Å². The van der Waals surface area contributed by atoms with E-state index in [1.54, 1.807) is 27.7 Å². The molecule has 0 spiro atoms. The maximum absolute atomic E-state index is 13.7. The van der Waals surface area contributed by atoms with Crippen molar-refractivity contribution in [3.05, 3.63) is 35.3 Å². The van der Waals surface area contributed by atoms with Gasteiger partial charge >= 0.3 is 0 Å². The first kappa shape index (κ1) is 24.4. The van der Waals surface area contributed by atoms with E-state index in [9.17, 15) is 22.8 Å². The molecule has 0 radical (unpaired) electrons. The van der Waals surface area contributed by atoms with E-state index in [-0.39, 0.29) is 35.4 Å². The number of hydrogen-bond acceptors (Lipinski definition) is 5. The summed E-state index contributed by atoms with van der Waals surface area (Å²) in [6.07, 6.45) is -0.238. The summed E-state index contributed by atoms with van der Waals surface area (Å²) in [7, 11) is 0. The number of aromatic nitrogens is 1. The largest absolute Gasteiger partial charge is 0.474 e. The Bertz CT molecular complexity index is 884. The highest BCUT2D eigenvalue weighted by Gasteiger charge is 2.37. The third-order valence-corrected chi connectivity index (χ3v) is 4.83. The predicted molar refractivity (Wildman–Crippen MR) is 111 cm³/mol. The number of alkyl halides is 3. The van der Waals surface area contributed by atoms with Crippen molar-refractivity contribution in [2.24, 2.45) is 16.8 Å². The summed E-state index contributed by atoms with van der Waals surface area (Å²) in [6.45, 7) is 6.85. The van der Waals surface area contributed by atoms with Crippen molar-refractivity contribution in [3.8, 4) is 0 Å². The highest BCUT2D eigenvalue weighted by Crippen LogP contribution is 2.28. The van der Waals surface area contributed by atoms with Gasteiger partial charge in [-0.25, -0.2) is 23.1 Å². The highest BCUT2D eigenvalue weighted by atomic mass is 19.3. The van der Waals surface area contributed by atoms with Gasteiger partial charge in [0.05, 0.1) is 0 Å². The molecule has 0 fully saturated rings.